The number of nitrogens with two attached hydrogens (primary N) is 1. The molecule has 6 nitrogen and oxygen atoms in total. The number of nitrogens with zero attached hydrogens (tertiary/aromatic N) is 2. The molecule has 1 saturated heterocycles. The molecule has 7 heteroatoms. The molecular formula is C14H26N4O2S. The smallest absolute Gasteiger partial charge is 0.246 e. The molecular weight excluding hydrogens is 288 g/mol. The molecule has 0 spiro atoms. The van der Waals surface area contributed by atoms with Crippen LogP contribution in [0, 0.1) is 12.8 Å². The number of aryl methyl sites for hydroxylation is 1. The predicted octanol–water partition coefficient (Wildman–Crippen LogP) is 1.77. The topological polar surface area (TPSA) is 92.1 Å². The number of hydrogen-bond donors (Lipinski definition) is 2. The third-order valence-corrected chi connectivity index (χ3v) is 6.36. The fourth-order valence-corrected chi connectivity index (χ4v) is 4.99. The minimum atomic E-state index is -3.49. The average Bonchev–Trinajstić information content (AvgIpc) is 2.67. The summed E-state index contributed by atoms with van der Waals surface area (Å²) in [7, 11) is -3.49. The van der Waals surface area contributed by atoms with E-state index in [4.69, 9.17) is 5.73 Å². The van der Waals surface area contributed by atoms with Crippen LogP contribution >= 0.6 is 0 Å². The SMILES string of the molecule is CCCC1CCCN(S(=O)(=O)c2c(CN)n[nH]c2C)CC1. The van der Waals surface area contributed by atoms with Gasteiger partial charge in [0.15, 0.2) is 0 Å². The summed E-state index contributed by atoms with van der Waals surface area (Å²) < 4.78 is 27.4. The lowest BCUT2D eigenvalue weighted by Gasteiger charge is -2.20. The Kier molecular flexibility index (Phi) is 5.40. The molecule has 0 radical (unpaired) electrons. The molecule has 0 amide bonds. The molecule has 1 aromatic heterocycles. The van der Waals surface area contributed by atoms with Gasteiger partial charge in [0.25, 0.3) is 0 Å². The molecule has 1 aromatic rings. The van der Waals surface area contributed by atoms with Gasteiger partial charge in [0.1, 0.15) is 4.90 Å². The minimum Gasteiger partial charge on any atom is -0.325 e. The molecule has 120 valence electrons. The highest BCUT2D eigenvalue weighted by Gasteiger charge is 2.31. The van der Waals surface area contributed by atoms with Crippen molar-refractivity contribution in [3.8, 4) is 0 Å². The van der Waals surface area contributed by atoms with Gasteiger partial charge in [0, 0.05) is 19.6 Å². The van der Waals surface area contributed by atoms with Crippen LogP contribution in [0.15, 0.2) is 4.90 Å². The highest BCUT2D eigenvalue weighted by atomic mass is 32.2. The van der Waals surface area contributed by atoms with Gasteiger partial charge in [-0.15, -0.1) is 0 Å². The molecule has 0 bridgehead atoms. The van der Waals surface area contributed by atoms with E-state index in [1.54, 1.807) is 11.2 Å². The Hall–Kier alpha value is -0.920. The first kappa shape index (κ1) is 16.5. The first-order chi connectivity index (χ1) is 10.0. The van der Waals surface area contributed by atoms with Gasteiger partial charge in [0.05, 0.1) is 11.4 Å². The monoisotopic (exact) mass is 314 g/mol. The van der Waals surface area contributed by atoms with Crippen LogP contribution in [-0.2, 0) is 16.6 Å². The number of aromatic amines is 1. The Morgan fingerprint density at radius 3 is 2.81 bits per heavy atom. The summed E-state index contributed by atoms with van der Waals surface area (Å²) in [5, 5.41) is 6.75. The van der Waals surface area contributed by atoms with Gasteiger partial charge >= 0.3 is 0 Å². The van der Waals surface area contributed by atoms with E-state index in [1.165, 1.54) is 6.42 Å². The van der Waals surface area contributed by atoms with Crippen molar-refractivity contribution < 1.29 is 8.42 Å². The van der Waals surface area contributed by atoms with Gasteiger partial charge in [-0.3, -0.25) is 5.10 Å². The van der Waals surface area contributed by atoms with Crippen LogP contribution in [0.3, 0.4) is 0 Å². The lowest BCUT2D eigenvalue weighted by atomic mass is 9.96. The first-order valence-corrected chi connectivity index (χ1v) is 9.18. The van der Waals surface area contributed by atoms with Crippen LogP contribution in [0.2, 0.25) is 0 Å². The number of aromatic nitrogens is 2. The molecule has 2 rings (SSSR count). The van der Waals surface area contributed by atoms with Crippen molar-refractivity contribution in [3.05, 3.63) is 11.4 Å². The zero-order valence-electron chi connectivity index (χ0n) is 12.9. The van der Waals surface area contributed by atoms with E-state index in [0.29, 0.717) is 30.4 Å². The van der Waals surface area contributed by atoms with E-state index in [0.717, 1.165) is 25.7 Å². The Morgan fingerprint density at radius 1 is 1.38 bits per heavy atom. The van der Waals surface area contributed by atoms with Gasteiger partial charge in [-0.25, -0.2) is 8.42 Å². The fourth-order valence-electron chi connectivity index (χ4n) is 3.16. The fraction of sp³-hybridized carbons (Fsp3) is 0.786. The maximum Gasteiger partial charge on any atom is 0.246 e. The summed E-state index contributed by atoms with van der Waals surface area (Å²) in [4.78, 5) is 0.277. The van der Waals surface area contributed by atoms with Crippen LogP contribution < -0.4 is 5.73 Å². The normalized spacial score (nSPS) is 21.4. The Labute approximate surface area is 127 Å². The number of nitrogens with one attached hydrogen (secondary N) is 1. The van der Waals surface area contributed by atoms with Crippen molar-refractivity contribution >= 4 is 10.0 Å². The summed E-state index contributed by atoms with van der Waals surface area (Å²) in [6.07, 6.45) is 5.34. The molecule has 3 N–H and O–H groups in total. The molecule has 0 saturated carbocycles. The molecule has 0 aromatic carbocycles. The maximum atomic E-state index is 12.9. The third-order valence-electron chi connectivity index (χ3n) is 4.26. The van der Waals surface area contributed by atoms with Gasteiger partial charge in [-0.2, -0.15) is 9.40 Å². The number of hydrogen-bond acceptors (Lipinski definition) is 4. The standard InChI is InChI=1S/C14H26N4O2S/c1-3-5-12-6-4-8-18(9-7-12)21(19,20)14-11(2)16-17-13(14)10-15/h12H,3-10,15H2,1-2H3,(H,16,17). The first-order valence-electron chi connectivity index (χ1n) is 7.74. The van der Waals surface area contributed by atoms with Crippen LogP contribution in [0.25, 0.3) is 0 Å². The van der Waals surface area contributed by atoms with Gasteiger partial charge in [-0.1, -0.05) is 19.8 Å². The molecule has 1 unspecified atom stereocenters. The van der Waals surface area contributed by atoms with E-state index in [-0.39, 0.29) is 11.4 Å². The number of rotatable bonds is 5. The molecule has 1 aliphatic heterocycles. The zero-order chi connectivity index (χ0) is 15.5. The maximum absolute atomic E-state index is 12.9. The zero-order valence-corrected chi connectivity index (χ0v) is 13.7. The quantitative estimate of drug-likeness (QED) is 0.866. The van der Waals surface area contributed by atoms with Crippen molar-refractivity contribution in [3.63, 3.8) is 0 Å². The summed E-state index contributed by atoms with van der Waals surface area (Å²) in [6, 6.07) is 0. The summed E-state index contributed by atoms with van der Waals surface area (Å²) >= 11 is 0. The van der Waals surface area contributed by atoms with Crippen LogP contribution in [0.5, 0.6) is 0 Å². The number of sulfonamides is 1. The minimum absolute atomic E-state index is 0.130. The molecule has 1 fully saturated rings. The van der Waals surface area contributed by atoms with E-state index in [2.05, 4.69) is 17.1 Å². The lowest BCUT2D eigenvalue weighted by Crippen LogP contribution is -2.33. The van der Waals surface area contributed by atoms with Crippen molar-refractivity contribution in [1.82, 2.24) is 14.5 Å². The van der Waals surface area contributed by atoms with E-state index in [9.17, 15) is 8.42 Å². The summed E-state index contributed by atoms with van der Waals surface area (Å²) in [6.45, 7) is 5.24. The van der Waals surface area contributed by atoms with Crippen LogP contribution in [-0.4, -0.2) is 36.0 Å². The second-order valence-electron chi connectivity index (χ2n) is 5.82. The van der Waals surface area contributed by atoms with Crippen molar-refractivity contribution in [2.45, 2.75) is 57.4 Å². The van der Waals surface area contributed by atoms with Crippen LogP contribution in [0.4, 0.5) is 0 Å². The lowest BCUT2D eigenvalue weighted by molar-refractivity contribution is 0.399. The Balaban J connectivity index is 2.21. The predicted molar refractivity (Wildman–Crippen MR) is 82.2 cm³/mol. The molecule has 1 aliphatic rings. The molecule has 0 aliphatic carbocycles. The van der Waals surface area contributed by atoms with E-state index >= 15 is 0 Å². The summed E-state index contributed by atoms with van der Waals surface area (Å²) in [5.74, 6) is 0.648. The van der Waals surface area contributed by atoms with Gasteiger partial charge in [0.2, 0.25) is 10.0 Å². The molecule has 1 atom stereocenters. The van der Waals surface area contributed by atoms with E-state index in [1.807, 2.05) is 0 Å². The highest BCUT2D eigenvalue weighted by molar-refractivity contribution is 7.89. The molecule has 2 heterocycles. The average molecular weight is 314 g/mol. The summed E-state index contributed by atoms with van der Waals surface area (Å²) in [5.41, 5.74) is 6.62. The Bertz CT molecular complexity index is 568. The number of H-pyrrole nitrogens is 1. The Morgan fingerprint density at radius 2 is 2.14 bits per heavy atom. The van der Waals surface area contributed by atoms with Crippen molar-refractivity contribution in [2.75, 3.05) is 13.1 Å². The molecule has 21 heavy (non-hydrogen) atoms. The highest BCUT2D eigenvalue weighted by Crippen LogP contribution is 2.27. The van der Waals surface area contributed by atoms with Crippen LogP contribution in [0.1, 0.15) is 50.4 Å². The third kappa shape index (κ3) is 3.46. The largest absolute Gasteiger partial charge is 0.325 e. The van der Waals surface area contributed by atoms with Gasteiger partial charge < -0.3 is 5.73 Å². The van der Waals surface area contributed by atoms with Gasteiger partial charge in [-0.05, 0) is 32.1 Å². The second-order valence-corrected chi connectivity index (χ2v) is 7.69. The van der Waals surface area contributed by atoms with E-state index < -0.39 is 10.0 Å². The van der Waals surface area contributed by atoms with Crippen molar-refractivity contribution in [2.24, 2.45) is 11.7 Å². The second kappa shape index (κ2) is 6.89. The van der Waals surface area contributed by atoms with Crippen molar-refractivity contribution in [1.29, 1.82) is 0 Å².